The zero-order valence-corrected chi connectivity index (χ0v) is 9.81. The van der Waals surface area contributed by atoms with Crippen LogP contribution in [0.3, 0.4) is 0 Å². The maximum absolute atomic E-state index is 13.0. The fraction of sp³-hybridized carbons (Fsp3) is 0.250. The lowest BCUT2D eigenvalue weighted by atomic mass is 10.2. The van der Waals surface area contributed by atoms with E-state index in [1.54, 1.807) is 6.92 Å². The lowest BCUT2D eigenvalue weighted by Crippen LogP contribution is -2.32. The maximum atomic E-state index is 13.0. The fourth-order valence-corrected chi connectivity index (χ4v) is 1.65. The zero-order valence-electron chi connectivity index (χ0n) is 9.81. The molecule has 0 bridgehead atoms. The van der Waals surface area contributed by atoms with Gasteiger partial charge in [-0.15, -0.1) is 0 Å². The number of fused-ring (bicyclic) bond motifs is 1. The quantitative estimate of drug-likeness (QED) is 0.869. The first-order valence-corrected chi connectivity index (χ1v) is 5.53. The summed E-state index contributed by atoms with van der Waals surface area (Å²) in [5.41, 5.74) is -0.0709. The number of halogens is 1. The van der Waals surface area contributed by atoms with Gasteiger partial charge in [-0.1, -0.05) is 0 Å². The van der Waals surface area contributed by atoms with Crippen molar-refractivity contribution >= 4 is 16.8 Å². The number of carbonyl (C=O) groups excluding carboxylic acids is 1. The van der Waals surface area contributed by atoms with Crippen LogP contribution < -0.4 is 10.9 Å². The van der Waals surface area contributed by atoms with Crippen molar-refractivity contribution in [3.8, 4) is 0 Å². The summed E-state index contributed by atoms with van der Waals surface area (Å²) < 4.78 is 14.2. The van der Waals surface area contributed by atoms with Gasteiger partial charge in [0.25, 0.3) is 5.56 Å². The number of hydrogen-bond acceptors (Lipinski definition) is 3. The van der Waals surface area contributed by atoms with Gasteiger partial charge >= 0.3 is 0 Å². The maximum Gasteiger partial charge on any atom is 0.261 e. The van der Waals surface area contributed by atoms with Crippen molar-refractivity contribution in [3.05, 3.63) is 40.7 Å². The molecule has 1 heterocycles. The molecule has 0 aliphatic carbocycles. The van der Waals surface area contributed by atoms with Crippen LogP contribution in [-0.2, 0) is 11.3 Å². The van der Waals surface area contributed by atoms with Gasteiger partial charge in [-0.3, -0.25) is 14.2 Å². The lowest BCUT2D eigenvalue weighted by molar-refractivity contribution is -0.121. The summed E-state index contributed by atoms with van der Waals surface area (Å²) in [5, 5.41) is 2.89. The lowest BCUT2D eigenvalue weighted by Gasteiger charge is -2.06. The molecule has 2 aromatic rings. The second kappa shape index (κ2) is 4.95. The molecule has 0 fully saturated rings. The van der Waals surface area contributed by atoms with Crippen molar-refractivity contribution in [3.63, 3.8) is 0 Å². The average molecular weight is 249 g/mol. The Morgan fingerprint density at radius 2 is 2.28 bits per heavy atom. The third kappa shape index (κ3) is 2.37. The van der Waals surface area contributed by atoms with Crippen LogP contribution in [0.15, 0.2) is 29.3 Å². The van der Waals surface area contributed by atoms with Crippen molar-refractivity contribution in [2.75, 3.05) is 6.54 Å². The molecule has 1 aromatic heterocycles. The van der Waals surface area contributed by atoms with Crippen LogP contribution in [0.1, 0.15) is 6.92 Å². The topological polar surface area (TPSA) is 64.0 Å². The Morgan fingerprint density at radius 3 is 3.00 bits per heavy atom. The van der Waals surface area contributed by atoms with Crippen LogP contribution in [-0.4, -0.2) is 22.0 Å². The van der Waals surface area contributed by atoms with E-state index < -0.39 is 5.82 Å². The van der Waals surface area contributed by atoms with Gasteiger partial charge in [-0.2, -0.15) is 0 Å². The first-order valence-electron chi connectivity index (χ1n) is 5.53. The molecule has 5 nitrogen and oxygen atoms in total. The van der Waals surface area contributed by atoms with Crippen LogP contribution in [0.4, 0.5) is 4.39 Å². The van der Waals surface area contributed by atoms with Gasteiger partial charge in [0.1, 0.15) is 12.4 Å². The van der Waals surface area contributed by atoms with Gasteiger partial charge in [0.05, 0.1) is 17.2 Å². The predicted octanol–water partition coefficient (Wildman–Crippen LogP) is 0.672. The van der Waals surface area contributed by atoms with E-state index in [1.165, 1.54) is 29.1 Å². The summed E-state index contributed by atoms with van der Waals surface area (Å²) in [7, 11) is 0. The molecule has 0 saturated heterocycles. The van der Waals surface area contributed by atoms with E-state index in [2.05, 4.69) is 10.3 Å². The minimum atomic E-state index is -0.448. The number of benzene rings is 1. The van der Waals surface area contributed by atoms with E-state index in [4.69, 9.17) is 0 Å². The minimum Gasteiger partial charge on any atom is -0.355 e. The van der Waals surface area contributed by atoms with Gasteiger partial charge in [-0.25, -0.2) is 9.37 Å². The molecular formula is C12H12FN3O2. The first-order chi connectivity index (χ1) is 8.61. The van der Waals surface area contributed by atoms with Gasteiger partial charge in [0.15, 0.2) is 0 Å². The molecule has 0 aliphatic heterocycles. The molecular weight excluding hydrogens is 237 g/mol. The molecule has 1 amide bonds. The molecule has 0 atom stereocenters. The number of amides is 1. The SMILES string of the molecule is CCNC(=O)Cn1cnc2cc(F)ccc2c1=O. The zero-order chi connectivity index (χ0) is 13.1. The Balaban J connectivity index is 2.42. The molecule has 1 aromatic carbocycles. The number of aromatic nitrogens is 2. The van der Waals surface area contributed by atoms with Crippen LogP contribution in [0.5, 0.6) is 0 Å². The Kier molecular flexibility index (Phi) is 3.36. The Labute approximate surface area is 102 Å². The van der Waals surface area contributed by atoms with E-state index in [9.17, 15) is 14.0 Å². The van der Waals surface area contributed by atoms with E-state index in [1.807, 2.05) is 0 Å². The molecule has 0 aliphatic rings. The molecule has 2 rings (SSSR count). The number of likely N-dealkylation sites (N-methyl/N-ethyl adjacent to an activating group) is 1. The Morgan fingerprint density at radius 1 is 1.50 bits per heavy atom. The summed E-state index contributed by atoms with van der Waals surface area (Å²) >= 11 is 0. The summed E-state index contributed by atoms with van der Waals surface area (Å²) in [6.07, 6.45) is 1.25. The molecule has 0 unspecified atom stereocenters. The molecule has 18 heavy (non-hydrogen) atoms. The first kappa shape index (κ1) is 12.2. The van der Waals surface area contributed by atoms with Crippen molar-refractivity contribution in [1.82, 2.24) is 14.9 Å². The van der Waals surface area contributed by atoms with Gasteiger partial charge in [0.2, 0.25) is 5.91 Å². The minimum absolute atomic E-state index is 0.0903. The van der Waals surface area contributed by atoms with Crippen LogP contribution in [0.25, 0.3) is 10.9 Å². The standard InChI is InChI=1S/C12H12FN3O2/c1-2-14-11(17)6-16-7-15-10-5-8(13)3-4-9(10)12(16)18/h3-5,7H,2,6H2,1H3,(H,14,17). The molecule has 1 N–H and O–H groups in total. The summed E-state index contributed by atoms with van der Waals surface area (Å²) in [5.74, 6) is -0.710. The highest BCUT2D eigenvalue weighted by atomic mass is 19.1. The predicted molar refractivity (Wildman–Crippen MR) is 64.6 cm³/mol. The van der Waals surface area contributed by atoms with Crippen LogP contribution >= 0.6 is 0 Å². The van der Waals surface area contributed by atoms with Gasteiger partial charge in [-0.05, 0) is 19.1 Å². The summed E-state index contributed by atoms with van der Waals surface area (Å²) in [6.45, 7) is 2.20. The monoisotopic (exact) mass is 249 g/mol. The van der Waals surface area contributed by atoms with Crippen molar-refractivity contribution < 1.29 is 9.18 Å². The average Bonchev–Trinajstić information content (AvgIpc) is 2.33. The molecule has 0 spiro atoms. The Bertz CT molecular complexity index is 651. The smallest absolute Gasteiger partial charge is 0.261 e. The second-order valence-corrected chi connectivity index (χ2v) is 3.79. The molecule has 0 saturated carbocycles. The van der Waals surface area contributed by atoms with E-state index in [0.29, 0.717) is 11.9 Å². The molecule has 6 heteroatoms. The highest BCUT2D eigenvalue weighted by Gasteiger charge is 2.07. The number of carbonyl (C=O) groups is 1. The van der Waals surface area contributed by atoms with Crippen molar-refractivity contribution in [1.29, 1.82) is 0 Å². The second-order valence-electron chi connectivity index (χ2n) is 3.79. The van der Waals surface area contributed by atoms with Crippen LogP contribution in [0.2, 0.25) is 0 Å². The normalized spacial score (nSPS) is 10.6. The molecule has 0 radical (unpaired) electrons. The van der Waals surface area contributed by atoms with Crippen molar-refractivity contribution in [2.45, 2.75) is 13.5 Å². The molecule has 94 valence electrons. The highest BCUT2D eigenvalue weighted by Crippen LogP contribution is 2.08. The largest absolute Gasteiger partial charge is 0.355 e. The van der Waals surface area contributed by atoms with Gasteiger partial charge < -0.3 is 5.32 Å². The Hall–Kier alpha value is -2.24. The summed E-state index contributed by atoms with van der Waals surface area (Å²) in [6, 6.07) is 3.75. The summed E-state index contributed by atoms with van der Waals surface area (Å²) in [4.78, 5) is 27.4. The highest BCUT2D eigenvalue weighted by molar-refractivity contribution is 5.78. The van der Waals surface area contributed by atoms with E-state index >= 15 is 0 Å². The number of nitrogens with zero attached hydrogens (tertiary/aromatic N) is 2. The van der Waals surface area contributed by atoms with E-state index in [0.717, 1.165) is 0 Å². The number of nitrogens with one attached hydrogen (secondary N) is 1. The van der Waals surface area contributed by atoms with Gasteiger partial charge in [0, 0.05) is 12.6 Å². The third-order valence-corrected chi connectivity index (χ3v) is 2.48. The van der Waals surface area contributed by atoms with E-state index in [-0.39, 0.29) is 23.5 Å². The number of rotatable bonds is 3. The van der Waals surface area contributed by atoms with Crippen molar-refractivity contribution in [2.24, 2.45) is 0 Å². The van der Waals surface area contributed by atoms with Crippen LogP contribution in [0, 0.1) is 5.82 Å². The fourth-order valence-electron chi connectivity index (χ4n) is 1.65. The number of hydrogen-bond donors (Lipinski definition) is 1. The third-order valence-electron chi connectivity index (χ3n) is 2.48.